The van der Waals surface area contributed by atoms with Gasteiger partial charge in [-0.15, -0.1) is 0 Å². The molecule has 5 heteroatoms. The van der Waals surface area contributed by atoms with Crippen molar-refractivity contribution in [3.8, 4) is 22.6 Å². The smallest absolute Gasteiger partial charge is 0.407 e. The second-order valence-electron chi connectivity index (χ2n) is 6.66. The molecule has 0 aliphatic rings. The number of benzene rings is 2. The van der Waals surface area contributed by atoms with Crippen molar-refractivity contribution < 1.29 is 19.7 Å². The molecule has 5 nitrogen and oxygen atoms in total. The summed E-state index contributed by atoms with van der Waals surface area (Å²) >= 11 is 0. The van der Waals surface area contributed by atoms with Gasteiger partial charge in [0.15, 0.2) is 0 Å². The Morgan fingerprint density at radius 3 is 2.59 bits per heavy atom. The topological polar surface area (TPSA) is 78.8 Å². The largest absolute Gasteiger partial charge is 0.507 e. The van der Waals surface area contributed by atoms with Gasteiger partial charge in [-0.05, 0) is 43.9 Å². The Morgan fingerprint density at radius 1 is 1.15 bits per heavy atom. The van der Waals surface area contributed by atoms with Gasteiger partial charge in [-0.25, -0.2) is 4.79 Å². The first-order chi connectivity index (χ1) is 13.0. The number of rotatable bonds is 8. The number of aromatic hydroxyl groups is 2. The molecule has 0 bridgehead atoms. The van der Waals surface area contributed by atoms with Crippen LogP contribution < -0.4 is 5.32 Å². The fraction of sp³-hybridized carbons (Fsp3) is 0.409. The van der Waals surface area contributed by atoms with Crippen LogP contribution in [0.3, 0.4) is 0 Å². The van der Waals surface area contributed by atoms with Crippen LogP contribution in [-0.2, 0) is 17.7 Å². The molecule has 0 aliphatic carbocycles. The summed E-state index contributed by atoms with van der Waals surface area (Å²) in [5.74, 6) is 0.0494. The number of aryl methyl sites for hydroxylation is 2. The lowest BCUT2D eigenvalue weighted by Crippen LogP contribution is -2.24. The fourth-order valence-corrected chi connectivity index (χ4v) is 3.16. The number of alkyl carbamates (subject to hydrolysis) is 1. The Bertz CT molecular complexity index is 786. The maximum atomic E-state index is 11.7. The van der Waals surface area contributed by atoms with Crippen LogP contribution in [0.5, 0.6) is 11.5 Å². The van der Waals surface area contributed by atoms with Crippen molar-refractivity contribution in [2.75, 3.05) is 6.61 Å². The standard InChI is InChI=1S/C22H29NO4/c1-4-6-7-10-16-13-19(24)20(17-11-8-9-15(3)12-17)21(25)18(16)14-23-22(26)27-5-2/h8-9,11-13,24-25H,4-7,10,14H2,1-3H3,(H,23,26). The van der Waals surface area contributed by atoms with E-state index in [0.29, 0.717) is 11.1 Å². The van der Waals surface area contributed by atoms with Crippen molar-refractivity contribution >= 4 is 6.09 Å². The van der Waals surface area contributed by atoms with Gasteiger partial charge in [-0.3, -0.25) is 0 Å². The normalized spacial score (nSPS) is 10.6. The molecule has 3 N–H and O–H groups in total. The van der Waals surface area contributed by atoms with Crippen molar-refractivity contribution in [3.63, 3.8) is 0 Å². The molecule has 146 valence electrons. The summed E-state index contributed by atoms with van der Waals surface area (Å²) < 4.78 is 4.92. The zero-order chi connectivity index (χ0) is 19.8. The zero-order valence-electron chi connectivity index (χ0n) is 16.3. The molecule has 2 aromatic rings. The van der Waals surface area contributed by atoms with Gasteiger partial charge >= 0.3 is 6.09 Å². The van der Waals surface area contributed by atoms with E-state index in [0.717, 1.165) is 42.4 Å². The highest BCUT2D eigenvalue weighted by Crippen LogP contribution is 2.42. The van der Waals surface area contributed by atoms with Crippen molar-refractivity contribution in [3.05, 3.63) is 47.0 Å². The van der Waals surface area contributed by atoms with Crippen molar-refractivity contribution in [1.82, 2.24) is 5.32 Å². The van der Waals surface area contributed by atoms with Gasteiger partial charge in [0.25, 0.3) is 0 Å². The van der Waals surface area contributed by atoms with E-state index in [4.69, 9.17) is 4.74 Å². The minimum Gasteiger partial charge on any atom is -0.507 e. The molecule has 27 heavy (non-hydrogen) atoms. The molecule has 2 rings (SSSR count). The van der Waals surface area contributed by atoms with E-state index in [1.807, 2.05) is 31.2 Å². The SMILES string of the molecule is CCCCCc1cc(O)c(-c2cccc(C)c2)c(O)c1CNC(=O)OCC. The summed E-state index contributed by atoms with van der Waals surface area (Å²) in [6, 6.07) is 9.31. The van der Waals surface area contributed by atoms with E-state index in [1.54, 1.807) is 13.0 Å². The Balaban J connectivity index is 2.44. The van der Waals surface area contributed by atoms with Gasteiger partial charge in [0, 0.05) is 5.56 Å². The van der Waals surface area contributed by atoms with Gasteiger partial charge in [0.2, 0.25) is 0 Å². The molecule has 0 fully saturated rings. The third-order valence-corrected chi connectivity index (χ3v) is 4.52. The number of hydrogen-bond donors (Lipinski definition) is 3. The lowest BCUT2D eigenvalue weighted by atomic mass is 9.93. The summed E-state index contributed by atoms with van der Waals surface area (Å²) in [7, 11) is 0. The average molecular weight is 371 g/mol. The minimum absolute atomic E-state index is 0.00361. The van der Waals surface area contributed by atoms with Crippen molar-refractivity contribution in [2.45, 2.75) is 53.0 Å². The number of unbranched alkanes of at least 4 members (excludes halogenated alkanes) is 2. The van der Waals surface area contributed by atoms with Crippen LogP contribution in [0.25, 0.3) is 11.1 Å². The number of phenols is 2. The maximum Gasteiger partial charge on any atom is 0.407 e. The third kappa shape index (κ3) is 5.39. The van der Waals surface area contributed by atoms with E-state index >= 15 is 0 Å². The van der Waals surface area contributed by atoms with E-state index in [1.165, 1.54) is 0 Å². The molecule has 0 spiro atoms. The summed E-state index contributed by atoms with van der Waals surface area (Å²) in [6.07, 6.45) is 3.29. The Labute approximate surface area is 161 Å². The second kappa shape index (κ2) is 9.86. The van der Waals surface area contributed by atoms with E-state index in [-0.39, 0.29) is 24.7 Å². The van der Waals surface area contributed by atoms with Crippen LogP contribution in [0.15, 0.2) is 30.3 Å². The van der Waals surface area contributed by atoms with Gasteiger partial charge in [0.1, 0.15) is 11.5 Å². The molecule has 0 atom stereocenters. The molecule has 0 saturated carbocycles. The first-order valence-electron chi connectivity index (χ1n) is 9.52. The molecule has 2 aromatic carbocycles. The van der Waals surface area contributed by atoms with Gasteiger partial charge in [-0.1, -0.05) is 49.6 Å². The molecule has 1 amide bonds. The Kier molecular flexibility index (Phi) is 7.53. The molecule has 0 heterocycles. The number of carbonyl (C=O) groups is 1. The van der Waals surface area contributed by atoms with Gasteiger partial charge < -0.3 is 20.3 Å². The number of amides is 1. The lowest BCUT2D eigenvalue weighted by Gasteiger charge is -2.18. The number of phenolic OH excluding ortho intramolecular Hbond substituents is 2. The predicted molar refractivity (Wildman–Crippen MR) is 107 cm³/mol. The summed E-state index contributed by atoms with van der Waals surface area (Å²) in [6.45, 7) is 6.25. The number of carbonyl (C=O) groups excluding carboxylic acids is 1. The van der Waals surface area contributed by atoms with Crippen LogP contribution in [0.4, 0.5) is 4.79 Å². The summed E-state index contributed by atoms with van der Waals surface area (Å²) in [5.41, 5.74) is 3.62. The van der Waals surface area contributed by atoms with Gasteiger partial charge in [0.05, 0.1) is 18.7 Å². The van der Waals surface area contributed by atoms with Crippen molar-refractivity contribution in [2.24, 2.45) is 0 Å². The molecule has 0 saturated heterocycles. The molecular formula is C22H29NO4. The molecule has 0 aliphatic heterocycles. The lowest BCUT2D eigenvalue weighted by molar-refractivity contribution is 0.151. The highest BCUT2D eigenvalue weighted by Gasteiger charge is 2.19. The minimum atomic E-state index is -0.526. The van der Waals surface area contributed by atoms with Crippen LogP contribution >= 0.6 is 0 Å². The van der Waals surface area contributed by atoms with E-state index in [2.05, 4.69) is 12.2 Å². The quantitative estimate of drug-likeness (QED) is 0.567. The predicted octanol–water partition coefficient (Wildman–Crippen LogP) is 5.05. The average Bonchev–Trinajstić information content (AvgIpc) is 2.61. The zero-order valence-corrected chi connectivity index (χ0v) is 16.3. The van der Waals surface area contributed by atoms with Crippen LogP contribution in [0.1, 0.15) is 49.8 Å². The second-order valence-corrected chi connectivity index (χ2v) is 6.66. The highest BCUT2D eigenvalue weighted by molar-refractivity contribution is 5.79. The molecule has 0 unspecified atom stereocenters. The summed E-state index contributed by atoms with van der Waals surface area (Å²) in [4.78, 5) is 11.7. The maximum absolute atomic E-state index is 11.7. The van der Waals surface area contributed by atoms with Crippen LogP contribution in [0, 0.1) is 6.92 Å². The molecule has 0 aromatic heterocycles. The third-order valence-electron chi connectivity index (χ3n) is 4.52. The van der Waals surface area contributed by atoms with Gasteiger partial charge in [-0.2, -0.15) is 0 Å². The highest BCUT2D eigenvalue weighted by atomic mass is 16.5. The Hall–Kier alpha value is -2.69. The number of nitrogens with one attached hydrogen (secondary N) is 1. The summed E-state index contributed by atoms with van der Waals surface area (Å²) in [5, 5.41) is 24.2. The van der Waals surface area contributed by atoms with Crippen LogP contribution in [0.2, 0.25) is 0 Å². The van der Waals surface area contributed by atoms with E-state index < -0.39 is 6.09 Å². The molecule has 0 radical (unpaired) electrons. The monoisotopic (exact) mass is 371 g/mol. The van der Waals surface area contributed by atoms with E-state index in [9.17, 15) is 15.0 Å². The first-order valence-corrected chi connectivity index (χ1v) is 9.52. The van der Waals surface area contributed by atoms with Crippen LogP contribution in [-0.4, -0.2) is 22.9 Å². The first kappa shape index (κ1) is 20.6. The number of hydrogen-bond acceptors (Lipinski definition) is 4. The fourth-order valence-electron chi connectivity index (χ4n) is 3.16. The number of ether oxygens (including phenoxy) is 1. The van der Waals surface area contributed by atoms with Crippen molar-refractivity contribution in [1.29, 1.82) is 0 Å². The Morgan fingerprint density at radius 2 is 1.93 bits per heavy atom. The molecular weight excluding hydrogens is 342 g/mol.